The first-order valence-corrected chi connectivity index (χ1v) is 11.9. The number of hydrogen-bond donors (Lipinski definition) is 2. The van der Waals surface area contributed by atoms with Crippen LogP contribution < -0.4 is 15.4 Å². The fourth-order valence-electron chi connectivity index (χ4n) is 3.64. The van der Waals surface area contributed by atoms with Gasteiger partial charge in [0.25, 0.3) is 0 Å². The first-order valence-electron chi connectivity index (χ1n) is 10.0. The summed E-state index contributed by atoms with van der Waals surface area (Å²) < 4.78 is 29.3. The molecule has 0 aromatic heterocycles. The standard InChI is InChI=1S/C20H31N3O3S.HI/c1-2-21-20(23-17-12-13-27(24,25)15-17)22-14-16-8-10-19(11-9-16)26-18-6-4-3-5-7-18;/h8-11,17-18H,2-7,12-15H2,1H3,(H2,21,22,23);1H. The number of aliphatic imine (C=N–C) groups is 1. The quantitative estimate of drug-likeness (QED) is 0.342. The molecule has 28 heavy (non-hydrogen) atoms. The Labute approximate surface area is 185 Å². The van der Waals surface area contributed by atoms with Gasteiger partial charge in [0, 0.05) is 12.6 Å². The third kappa shape index (κ3) is 7.42. The molecule has 0 radical (unpaired) electrons. The van der Waals surface area contributed by atoms with E-state index in [0.717, 1.165) is 30.7 Å². The number of nitrogens with zero attached hydrogens (tertiary/aromatic N) is 1. The molecule has 2 aliphatic rings. The molecule has 1 aliphatic carbocycles. The minimum absolute atomic E-state index is 0. The van der Waals surface area contributed by atoms with Crippen molar-refractivity contribution in [2.45, 2.75) is 64.1 Å². The molecule has 1 aliphatic heterocycles. The van der Waals surface area contributed by atoms with Crippen LogP contribution in [-0.4, -0.2) is 44.6 Å². The van der Waals surface area contributed by atoms with E-state index < -0.39 is 9.84 Å². The van der Waals surface area contributed by atoms with Gasteiger partial charge in [0.2, 0.25) is 0 Å². The number of rotatable bonds is 6. The Hall–Kier alpha value is -1.03. The van der Waals surface area contributed by atoms with Crippen LogP contribution >= 0.6 is 24.0 Å². The van der Waals surface area contributed by atoms with E-state index >= 15 is 0 Å². The zero-order valence-electron chi connectivity index (χ0n) is 16.5. The van der Waals surface area contributed by atoms with Gasteiger partial charge < -0.3 is 15.4 Å². The second kappa shape index (κ2) is 11.2. The number of hydrogen-bond acceptors (Lipinski definition) is 4. The number of nitrogens with one attached hydrogen (secondary N) is 2. The van der Waals surface area contributed by atoms with E-state index in [1.54, 1.807) is 0 Å². The summed E-state index contributed by atoms with van der Waals surface area (Å²) >= 11 is 0. The number of ether oxygens (including phenoxy) is 1. The maximum Gasteiger partial charge on any atom is 0.191 e. The predicted molar refractivity (Wildman–Crippen MR) is 124 cm³/mol. The molecule has 1 atom stereocenters. The van der Waals surface area contributed by atoms with Gasteiger partial charge in [-0.15, -0.1) is 24.0 Å². The Morgan fingerprint density at radius 2 is 1.86 bits per heavy atom. The molecule has 0 amide bonds. The zero-order valence-corrected chi connectivity index (χ0v) is 19.7. The highest BCUT2D eigenvalue weighted by Gasteiger charge is 2.28. The van der Waals surface area contributed by atoms with Gasteiger partial charge in [-0.25, -0.2) is 13.4 Å². The summed E-state index contributed by atoms with van der Waals surface area (Å²) in [5.41, 5.74) is 1.10. The molecule has 2 N–H and O–H groups in total. The SMILES string of the molecule is CCNC(=NCc1ccc(OC2CCCCC2)cc1)NC1CCS(=O)(=O)C1.I. The molecule has 1 aromatic carbocycles. The number of guanidine groups is 1. The fraction of sp³-hybridized carbons (Fsp3) is 0.650. The van der Waals surface area contributed by atoms with Crippen molar-refractivity contribution >= 4 is 39.8 Å². The second-order valence-corrected chi connectivity index (χ2v) is 9.69. The van der Waals surface area contributed by atoms with Crippen LogP contribution in [-0.2, 0) is 16.4 Å². The zero-order chi connectivity index (χ0) is 19.1. The molecule has 158 valence electrons. The van der Waals surface area contributed by atoms with Gasteiger partial charge in [0.05, 0.1) is 24.2 Å². The molecule has 2 fully saturated rings. The van der Waals surface area contributed by atoms with Crippen molar-refractivity contribution in [3.05, 3.63) is 29.8 Å². The molecule has 0 bridgehead atoms. The lowest BCUT2D eigenvalue weighted by Crippen LogP contribution is -2.44. The average molecular weight is 521 g/mol. The Morgan fingerprint density at radius 3 is 2.46 bits per heavy atom. The maximum atomic E-state index is 11.6. The van der Waals surface area contributed by atoms with Crippen LogP contribution in [0.2, 0.25) is 0 Å². The molecule has 1 heterocycles. The average Bonchev–Trinajstić information content (AvgIpc) is 3.00. The van der Waals surface area contributed by atoms with E-state index in [9.17, 15) is 8.42 Å². The minimum atomic E-state index is -2.90. The van der Waals surface area contributed by atoms with Crippen molar-refractivity contribution in [3.63, 3.8) is 0 Å². The van der Waals surface area contributed by atoms with E-state index in [-0.39, 0.29) is 41.5 Å². The molecule has 6 nitrogen and oxygen atoms in total. The van der Waals surface area contributed by atoms with E-state index in [1.165, 1.54) is 19.3 Å². The van der Waals surface area contributed by atoms with Gasteiger partial charge in [-0.2, -0.15) is 0 Å². The molecule has 1 saturated carbocycles. The summed E-state index contributed by atoms with van der Waals surface area (Å²) in [5.74, 6) is 2.04. The lowest BCUT2D eigenvalue weighted by molar-refractivity contribution is 0.155. The van der Waals surface area contributed by atoms with Gasteiger partial charge in [-0.3, -0.25) is 0 Å². The molecule has 1 unspecified atom stereocenters. The lowest BCUT2D eigenvalue weighted by atomic mass is 9.98. The first kappa shape index (κ1) is 23.3. The highest BCUT2D eigenvalue weighted by molar-refractivity contribution is 14.0. The van der Waals surface area contributed by atoms with Crippen molar-refractivity contribution in [2.24, 2.45) is 4.99 Å². The predicted octanol–water partition coefficient (Wildman–Crippen LogP) is 3.26. The summed E-state index contributed by atoms with van der Waals surface area (Å²) in [4.78, 5) is 4.60. The van der Waals surface area contributed by atoms with Crippen molar-refractivity contribution in [2.75, 3.05) is 18.1 Å². The van der Waals surface area contributed by atoms with Gasteiger partial charge in [0.15, 0.2) is 15.8 Å². The molecular weight excluding hydrogens is 489 g/mol. The normalized spacial score (nSPS) is 22.3. The number of halogens is 1. The van der Waals surface area contributed by atoms with Crippen LogP contribution in [0.1, 0.15) is 51.0 Å². The Kier molecular flexibility index (Phi) is 9.33. The summed E-state index contributed by atoms with van der Waals surface area (Å²) in [5, 5.41) is 6.44. The summed E-state index contributed by atoms with van der Waals surface area (Å²) in [7, 11) is -2.90. The van der Waals surface area contributed by atoms with Crippen LogP contribution in [0.3, 0.4) is 0 Å². The fourth-order valence-corrected chi connectivity index (χ4v) is 5.31. The summed E-state index contributed by atoms with van der Waals surface area (Å²) in [6.45, 7) is 3.28. The van der Waals surface area contributed by atoms with Crippen LogP contribution in [0.15, 0.2) is 29.3 Å². The van der Waals surface area contributed by atoms with Gasteiger partial charge in [-0.1, -0.05) is 18.6 Å². The minimum Gasteiger partial charge on any atom is -0.490 e. The highest BCUT2D eigenvalue weighted by Crippen LogP contribution is 2.23. The van der Waals surface area contributed by atoms with Crippen molar-refractivity contribution in [1.82, 2.24) is 10.6 Å². The monoisotopic (exact) mass is 521 g/mol. The number of benzene rings is 1. The Bertz CT molecular complexity index is 732. The largest absolute Gasteiger partial charge is 0.490 e. The van der Waals surface area contributed by atoms with Crippen LogP contribution in [0.25, 0.3) is 0 Å². The van der Waals surface area contributed by atoms with Gasteiger partial charge in [-0.05, 0) is 56.7 Å². The smallest absolute Gasteiger partial charge is 0.191 e. The van der Waals surface area contributed by atoms with Gasteiger partial charge in [0.1, 0.15) is 5.75 Å². The summed E-state index contributed by atoms with van der Waals surface area (Å²) in [6.07, 6.45) is 7.15. The maximum absolute atomic E-state index is 11.6. The second-order valence-electron chi connectivity index (χ2n) is 7.46. The van der Waals surface area contributed by atoms with E-state index in [2.05, 4.69) is 15.6 Å². The van der Waals surface area contributed by atoms with Crippen molar-refractivity contribution in [3.8, 4) is 5.75 Å². The topological polar surface area (TPSA) is 79.8 Å². The molecule has 0 spiro atoms. The molecule has 1 aromatic rings. The number of sulfone groups is 1. The Morgan fingerprint density at radius 1 is 1.14 bits per heavy atom. The Balaban J connectivity index is 0.00000280. The van der Waals surface area contributed by atoms with E-state index in [1.807, 2.05) is 31.2 Å². The first-order chi connectivity index (χ1) is 13.0. The third-order valence-corrected chi connectivity index (χ3v) is 6.88. The molecule has 3 rings (SSSR count). The lowest BCUT2D eigenvalue weighted by Gasteiger charge is -2.23. The van der Waals surface area contributed by atoms with Crippen molar-refractivity contribution < 1.29 is 13.2 Å². The molecular formula is C20H32IN3O3S. The van der Waals surface area contributed by atoms with Crippen molar-refractivity contribution in [1.29, 1.82) is 0 Å². The molecule has 8 heteroatoms. The van der Waals surface area contributed by atoms with Crippen LogP contribution in [0, 0.1) is 0 Å². The van der Waals surface area contributed by atoms with E-state index in [0.29, 0.717) is 25.0 Å². The highest BCUT2D eigenvalue weighted by atomic mass is 127. The van der Waals surface area contributed by atoms with E-state index in [4.69, 9.17) is 4.74 Å². The summed E-state index contributed by atoms with van der Waals surface area (Å²) in [6, 6.07) is 8.07. The third-order valence-electron chi connectivity index (χ3n) is 5.12. The van der Waals surface area contributed by atoms with Gasteiger partial charge >= 0.3 is 0 Å². The molecule has 1 saturated heterocycles. The van der Waals surface area contributed by atoms with Crippen LogP contribution in [0.5, 0.6) is 5.75 Å². The van der Waals surface area contributed by atoms with Crippen LogP contribution in [0.4, 0.5) is 0 Å².